The molecule has 0 atom stereocenters. The number of fused-ring (bicyclic) bond motifs is 1. The molecule has 0 saturated heterocycles. The fraction of sp³-hybridized carbons (Fsp3) is 0.357. The first-order valence-electron chi connectivity index (χ1n) is 6.04. The smallest absolute Gasteiger partial charge is 0.148 e. The highest BCUT2D eigenvalue weighted by molar-refractivity contribution is 5.95. The SMILES string of the molecule is CCCNc1cc(C)nc2c(OC)cc(F)cc12. The van der Waals surface area contributed by atoms with Gasteiger partial charge in [-0.05, 0) is 25.5 Å². The van der Waals surface area contributed by atoms with Crippen molar-refractivity contribution in [1.82, 2.24) is 4.98 Å². The van der Waals surface area contributed by atoms with Gasteiger partial charge in [0.2, 0.25) is 0 Å². The van der Waals surface area contributed by atoms with E-state index in [1.807, 2.05) is 13.0 Å². The van der Waals surface area contributed by atoms with Gasteiger partial charge in [0.1, 0.15) is 17.1 Å². The lowest BCUT2D eigenvalue weighted by atomic mass is 10.1. The molecule has 0 saturated carbocycles. The number of aryl methyl sites for hydroxylation is 1. The van der Waals surface area contributed by atoms with Gasteiger partial charge in [0.05, 0.1) is 7.11 Å². The van der Waals surface area contributed by atoms with Crippen LogP contribution in [-0.2, 0) is 0 Å². The van der Waals surface area contributed by atoms with E-state index in [1.54, 1.807) is 0 Å². The van der Waals surface area contributed by atoms with Gasteiger partial charge in [-0.1, -0.05) is 6.92 Å². The molecule has 18 heavy (non-hydrogen) atoms. The second kappa shape index (κ2) is 5.21. The molecule has 0 unspecified atom stereocenters. The van der Waals surface area contributed by atoms with Gasteiger partial charge in [-0.2, -0.15) is 0 Å². The Morgan fingerprint density at radius 2 is 2.11 bits per heavy atom. The maximum atomic E-state index is 13.6. The highest BCUT2D eigenvalue weighted by Crippen LogP contribution is 2.31. The molecule has 0 aliphatic rings. The molecule has 2 aromatic rings. The van der Waals surface area contributed by atoms with Crippen molar-refractivity contribution in [3.63, 3.8) is 0 Å². The molecule has 3 nitrogen and oxygen atoms in total. The summed E-state index contributed by atoms with van der Waals surface area (Å²) in [5.74, 6) is 0.151. The molecule has 0 fully saturated rings. The van der Waals surface area contributed by atoms with Crippen molar-refractivity contribution in [2.75, 3.05) is 19.0 Å². The number of nitrogens with zero attached hydrogens (tertiary/aromatic N) is 1. The normalized spacial score (nSPS) is 10.7. The van der Waals surface area contributed by atoms with E-state index in [-0.39, 0.29) is 5.82 Å². The minimum absolute atomic E-state index is 0.315. The Kier molecular flexibility index (Phi) is 3.65. The van der Waals surface area contributed by atoms with E-state index in [2.05, 4.69) is 17.2 Å². The van der Waals surface area contributed by atoms with Gasteiger partial charge in [0.15, 0.2) is 0 Å². The average molecular weight is 248 g/mol. The number of benzene rings is 1. The van der Waals surface area contributed by atoms with Crippen LogP contribution in [0.3, 0.4) is 0 Å². The van der Waals surface area contributed by atoms with Crippen LogP contribution in [0.2, 0.25) is 0 Å². The Morgan fingerprint density at radius 3 is 2.78 bits per heavy atom. The zero-order chi connectivity index (χ0) is 13.1. The van der Waals surface area contributed by atoms with Crippen molar-refractivity contribution in [2.24, 2.45) is 0 Å². The van der Waals surface area contributed by atoms with Crippen molar-refractivity contribution in [3.8, 4) is 5.75 Å². The fourth-order valence-corrected chi connectivity index (χ4v) is 1.95. The van der Waals surface area contributed by atoms with Crippen LogP contribution in [0.15, 0.2) is 18.2 Å². The van der Waals surface area contributed by atoms with Crippen LogP contribution in [0.5, 0.6) is 5.75 Å². The average Bonchev–Trinajstić information content (AvgIpc) is 2.35. The van der Waals surface area contributed by atoms with E-state index in [1.165, 1.54) is 19.2 Å². The zero-order valence-corrected chi connectivity index (χ0v) is 10.9. The lowest BCUT2D eigenvalue weighted by Gasteiger charge is -2.12. The van der Waals surface area contributed by atoms with Gasteiger partial charge in [0.25, 0.3) is 0 Å². The summed E-state index contributed by atoms with van der Waals surface area (Å²) in [5.41, 5.74) is 2.47. The molecule has 1 aromatic heterocycles. The molecule has 0 spiro atoms. The Labute approximate surface area is 106 Å². The minimum atomic E-state index is -0.315. The monoisotopic (exact) mass is 248 g/mol. The number of ether oxygens (including phenoxy) is 1. The minimum Gasteiger partial charge on any atom is -0.494 e. The number of aromatic nitrogens is 1. The first kappa shape index (κ1) is 12.6. The molecule has 0 aliphatic carbocycles. The maximum absolute atomic E-state index is 13.6. The van der Waals surface area contributed by atoms with Gasteiger partial charge in [-0.25, -0.2) is 9.37 Å². The Morgan fingerprint density at radius 1 is 1.33 bits per heavy atom. The van der Waals surface area contributed by atoms with E-state index in [4.69, 9.17) is 4.74 Å². The quantitative estimate of drug-likeness (QED) is 0.899. The predicted molar refractivity (Wildman–Crippen MR) is 71.8 cm³/mol. The van der Waals surface area contributed by atoms with E-state index in [0.29, 0.717) is 11.3 Å². The standard InChI is InChI=1S/C14H17FN2O/c1-4-5-16-12-6-9(2)17-14-11(12)7-10(15)8-13(14)18-3/h6-8H,4-5H2,1-3H3,(H,16,17). The Balaban J connectivity index is 2.66. The summed E-state index contributed by atoms with van der Waals surface area (Å²) in [4.78, 5) is 4.42. The van der Waals surface area contributed by atoms with E-state index in [0.717, 1.165) is 29.7 Å². The van der Waals surface area contributed by atoms with Crippen LogP contribution >= 0.6 is 0 Å². The van der Waals surface area contributed by atoms with Gasteiger partial charge in [-0.3, -0.25) is 0 Å². The summed E-state index contributed by atoms with van der Waals surface area (Å²) in [6.45, 7) is 4.85. The summed E-state index contributed by atoms with van der Waals surface area (Å²) >= 11 is 0. The van der Waals surface area contributed by atoms with E-state index in [9.17, 15) is 4.39 Å². The van der Waals surface area contributed by atoms with Crippen LogP contribution in [0, 0.1) is 12.7 Å². The Hall–Kier alpha value is -1.84. The van der Waals surface area contributed by atoms with Crippen molar-refractivity contribution in [1.29, 1.82) is 0 Å². The van der Waals surface area contributed by atoms with Gasteiger partial charge < -0.3 is 10.1 Å². The molecule has 2 rings (SSSR count). The van der Waals surface area contributed by atoms with Crippen molar-refractivity contribution in [3.05, 3.63) is 29.7 Å². The van der Waals surface area contributed by atoms with E-state index < -0.39 is 0 Å². The van der Waals surface area contributed by atoms with Gasteiger partial charge in [0, 0.05) is 29.4 Å². The summed E-state index contributed by atoms with van der Waals surface area (Å²) in [6, 6.07) is 4.78. The fourth-order valence-electron chi connectivity index (χ4n) is 1.95. The van der Waals surface area contributed by atoms with Crippen LogP contribution in [0.1, 0.15) is 19.0 Å². The number of nitrogens with one attached hydrogen (secondary N) is 1. The van der Waals surface area contributed by atoms with Gasteiger partial charge >= 0.3 is 0 Å². The summed E-state index contributed by atoms with van der Waals surface area (Å²) < 4.78 is 18.7. The van der Waals surface area contributed by atoms with Crippen molar-refractivity contribution < 1.29 is 9.13 Å². The molecule has 0 bridgehead atoms. The summed E-state index contributed by atoms with van der Waals surface area (Å²) in [5, 5.41) is 4.05. The summed E-state index contributed by atoms with van der Waals surface area (Å²) in [6.07, 6.45) is 1.01. The number of rotatable bonds is 4. The number of anilines is 1. The lowest BCUT2D eigenvalue weighted by molar-refractivity contribution is 0.415. The topological polar surface area (TPSA) is 34.2 Å². The number of hydrogen-bond donors (Lipinski definition) is 1. The molecule has 1 heterocycles. The third-order valence-electron chi connectivity index (χ3n) is 2.76. The maximum Gasteiger partial charge on any atom is 0.148 e. The molecule has 1 aromatic carbocycles. The second-order valence-electron chi connectivity index (χ2n) is 4.24. The van der Waals surface area contributed by atoms with Crippen LogP contribution in [0.25, 0.3) is 10.9 Å². The Bertz CT molecular complexity index is 569. The molecule has 4 heteroatoms. The molecule has 96 valence electrons. The third-order valence-corrected chi connectivity index (χ3v) is 2.76. The van der Waals surface area contributed by atoms with Crippen molar-refractivity contribution in [2.45, 2.75) is 20.3 Å². The highest BCUT2D eigenvalue weighted by Gasteiger charge is 2.10. The van der Waals surface area contributed by atoms with Crippen LogP contribution in [0.4, 0.5) is 10.1 Å². The molecular weight excluding hydrogens is 231 g/mol. The first-order valence-corrected chi connectivity index (χ1v) is 6.04. The number of halogens is 1. The number of hydrogen-bond acceptors (Lipinski definition) is 3. The zero-order valence-electron chi connectivity index (χ0n) is 10.9. The predicted octanol–water partition coefficient (Wildman–Crippen LogP) is 3.51. The molecule has 0 aliphatic heterocycles. The molecule has 1 N–H and O–H groups in total. The second-order valence-corrected chi connectivity index (χ2v) is 4.24. The van der Waals surface area contributed by atoms with Crippen LogP contribution < -0.4 is 10.1 Å². The third kappa shape index (κ3) is 2.37. The molecule has 0 radical (unpaired) electrons. The largest absolute Gasteiger partial charge is 0.494 e. The van der Waals surface area contributed by atoms with Gasteiger partial charge in [-0.15, -0.1) is 0 Å². The number of pyridine rings is 1. The van der Waals surface area contributed by atoms with Crippen LogP contribution in [-0.4, -0.2) is 18.6 Å². The first-order chi connectivity index (χ1) is 8.65. The molecule has 0 amide bonds. The molecular formula is C14H17FN2O. The number of methoxy groups -OCH3 is 1. The highest BCUT2D eigenvalue weighted by atomic mass is 19.1. The lowest BCUT2D eigenvalue weighted by Crippen LogP contribution is -2.02. The van der Waals surface area contributed by atoms with Crippen molar-refractivity contribution >= 4 is 16.6 Å². The summed E-state index contributed by atoms with van der Waals surface area (Å²) in [7, 11) is 1.53. The van der Waals surface area contributed by atoms with E-state index >= 15 is 0 Å².